The van der Waals surface area contributed by atoms with Crippen molar-refractivity contribution >= 4 is 21.6 Å². The lowest BCUT2D eigenvalue weighted by Crippen LogP contribution is -2.21. The minimum absolute atomic E-state index is 0.0271. The zero-order valence-electron chi connectivity index (χ0n) is 16.4. The Bertz CT molecular complexity index is 1340. The van der Waals surface area contributed by atoms with Crippen LogP contribution in [0.3, 0.4) is 0 Å². The van der Waals surface area contributed by atoms with E-state index in [0.29, 0.717) is 11.9 Å². The van der Waals surface area contributed by atoms with E-state index in [1.165, 1.54) is 22.5 Å². The summed E-state index contributed by atoms with van der Waals surface area (Å²) >= 11 is 1.52. The van der Waals surface area contributed by atoms with Gasteiger partial charge in [0.2, 0.25) is 0 Å². The van der Waals surface area contributed by atoms with Gasteiger partial charge in [-0.05, 0) is 28.7 Å². The molecule has 5 rings (SSSR count). The quantitative estimate of drug-likeness (QED) is 0.356. The number of hydrogen-bond donors (Lipinski definition) is 0. The van der Waals surface area contributed by atoms with Crippen LogP contribution in [0.5, 0.6) is 0 Å². The topological polar surface area (TPSA) is 34.9 Å². The van der Waals surface area contributed by atoms with Gasteiger partial charge in [0.05, 0.1) is 11.7 Å². The van der Waals surface area contributed by atoms with Gasteiger partial charge in [0, 0.05) is 17.5 Å². The third-order valence-electron chi connectivity index (χ3n) is 5.35. The van der Waals surface area contributed by atoms with Gasteiger partial charge in [-0.25, -0.2) is 4.98 Å². The van der Waals surface area contributed by atoms with Crippen molar-refractivity contribution in [1.82, 2.24) is 9.55 Å². The average molecular weight is 409 g/mol. The highest BCUT2D eigenvalue weighted by Gasteiger charge is 2.13. The molecule has 3 aromatic carbocycles. The maximum absolute atomic E-state index is 13.2. The Hall–Kier alpha value is -3.50. The van der Waals surface area contributed by atoms with Crippen LogP contribution in [0.1, 0.15) is 5.56 Å². The van der Waals surface area contributed by atoms with Gasteiger partial charge in [0.15, 0.2) is 0 Å². The van der Waals surface area contributed by atoms with Crippen molar-refractivity contribution in [3.8, 4) is 22.3 Å². The SMILES string of the molecule is O=c1c2c(-c3ccc(-c4ccccc4)cc3)csc2ncn1CCc1ccccc1. The van der Waals surface area contributed by atoms with E-state index in [-0.39, 0.29) is 5.56 Å². The first-order valence-electron chi connectivity index (χ1n) is 9.96. The summed E-state index contributed by atoms with van der Waals surface area (Å²) in [5.74, 6) is 0. The van der Waals surface area contributed by atoms with E-state index in [1.807, 2.05) is 41.8 Å². The van der Waals surface area contributed by atoms with Crippen LogP contribution in [0.4, 0.5) is 0 Å². The molecule has 0 radical (unpaired) electrons. The highest BCUT2D eigenvalue weighted by molar-refractivity contribution is 7.17. The molecule has 0 unspecified atom stereocenters. The predicted molar refractivity (Wildman–Crippen MR) is 125 cm³/mol. The minimum atomic E-state index is 0.0271. The molecule has 0 spiro atoms. The van der Waals surface area contributed by atoms with Crippen LogP contribution < -0.4 is 5.56 Å². The van der Waals surface area contributed by atoms with Crippen molar-refractivity contribution in [2.24, 2.45) is 0 Å². The molecule has 2 heterocycles. The molecule has 30 heavy (non-hydrogen) atoms. The summed E-state index contributed by atoms with van der Waals surface area (Å²) in [6, 6.07) is 28.9. The van der Waals surface area contributed by atoms with Gasteiger partial charge in [0.1, 0.15) is 4.83 Å². The summed E-state index contributed by atoms with van der Waals surface area (Å²) in [5, 5.41) is 2.75. The van der Waals surface area contributed by atoms with E-state index in [9.17, 15) is 4.79 Å². The second kappa shape index (κ2) is 8.09. The van der Waals surface area contributed by atoms with E-state index < -0.39 is 0 Å². The molecule has 5 aromatic rings. The fraction of sp³-hybridized carbons (Fsp3) is 0.0769. The molecule has 3 nitrogen and oxygen atoms in total. The monoisotopic (exact) mass is 408 g/mol. The lowest BCUT2D eigenvalue weighted by molar-refractivity contribution is 0.663. The maximum atomic E-state index is 13.2. The fourth-order valence-electron chi connectivity index (χ4n) is 3.71. The fourth-order valence-corrected chi connectivity index (χ4v) is 4.61. The van der Waals surface area contributed by atoms with E-state index >= 15 is 0 Å². The zero-order valence-corrected chi connectivity index (χ0v) is 17.2. The Balaban J connectivity index is 1.48. The minimum Gasteiger partial charge on any atom is -0.298 e. The van der Waals surface area contributed by atoms with Crippen molar-refractivity contribution in [2.75, 3.05) is 0 Å². The Labute approximate surface area is 178 Å². The van der Waals surface area contributed by atoms with Crippen molar-refractivity contribution in [1.29, 1.82) is 0 Å². The summed E-state index contributed by atoms with van der Waals surface area (Å²) < 4.78 is 1.73. The van der Waals surface area contributed by atoms with Crippen LogP contribution in [0.25, 0.3) is 32.5 Å². The highest BCUT2D eigenvalue weighted by atomic mass is 32.1. The summed E-state index contributed by atoms with van der Waals surface area (Å²) in [6.45, 7) is 0.619. The summed E-state index contributed by atoms with van der Waals surface area (Å²) in [4.78, 5) is 18.6. The first-order valence-corrected chi connectivity index (χ1v) is 10.8. The Morgan fingerprint density at radius 2 is 1.40 bits per heavy atom. The molecule has 4 heteroatoms. The van der Waals surface area contributed by atoms with Gasteiger partial charge in [-0.1, -0.05) is 84.9 Å². The molecule has 0 atom stereocenters. The number of benzene rings is 3. The molecule has 0 N–H and O–H groups in total. The molecule has 0 aliphatic rings. The van der Waals surface area contributed by atoms with Gasteiger partial charge < -0.3 is 0 Å². The van der Waals surface area contributed by atoms with Crippen molar-refractivity contribution in [3.63, 3.8) is 0 Å². The number of aromatic nitrogens is 2. The van der Waals surface area contributed by atoms with Crippen LogP contribution in [-0.4, -0.2) is 9.55 Å². The van der Waals surface area contributed by atoms with Gasteiger partial charge >= 0.3 is 0 Å². The molecule has 0 saturated heterocycles. The molecule has 0 saturated carbocycles. The molecular formula is C26H20N2OS. The Morgan fingerprint density at radius 1 is 0.767 bits per heavy atom. The molecule has 0 aliphatic carbocycles. The van der Waals surface area contributed by atoms with Crippen LogP contribution in [0.2, 0.25) is 0 Å². The van der Waals surface area contributed by atoms with Gasteiger partial charge in [-0.15, -0.1) is 11.3 Å². The van der Waals surface area contributed by atoms with Gasteiger partial charge in [-0.2, -0.15) is 0 Å². The lowest BCUT2D eigenvalue weighted by atomic mass is 10.0. The molecule has 0 bridgehead atoms. The smallest absolute Gasteiger partial charge is 0.262 e. The first-order chi connectivity index (χ1) is 14.8. The molecule has 2 aromatic heterocycles. The lowest BCUT2D eigenvalue weighted by Gasteiger charge is -2.07. The average Bonchev–Trinajstić information content (AvgIpc) is 3.25. The van der Waals surface area contributed by atoms with E-state index in [1.54, 1.807) is 10.9 Å². The van der Waals surface area contributed by atoms with E-state index in [4.69, 9.17) is 0 Å². The molecule has 0 amide bonds. The molecule has 0 aliphatic heterocycles. The second-order valence-electron chi connectivity index (χ2n) is 7.25. The number of hydrogen-bond acceptors (Lipinski definition) is 3. The number of fused-ring (bicyclic) bond motifs is 1. The second-order valence-corrected chi connectivity index (χ2v) is 8.11. The molecule has 0 fully saturated rings. The molecule has 146 valence electrons. The van der Waals surface area contributed by atoms with E-state index in [0.717, 1.165) is 27.9 Å². The number of rotatable bonds is 5. The summed E-state index contributed by atoms with van der Waals surface area (Å²) in [7, 11) is 0. The van der Waals surface area contributed by atoms with Crippen LogP contribution in [0.15, 0.2) is 101 Å². The van der Waals surface area contributed by atoms with Crippen molar-refractivity contribution < 1.29 is 0 Å². The highest BCUT2D eigenvalue weighted by Crippen LogP contribution is 2.32. The maximum Gasteiger partial charge on any atom is 0.262 e. The van der Waals surface area contributed by atoms with Crippen LogP contribution in [-0.2, 0) is 13.0 Å². The summed E-state index contributed by atoms with van der Waals surface area (Å²) in [6.07, 6.45) is 2.48. The Morgan fingerprint density at radius 3 is 2.13 bits per heavy atom. The van der Waals surface area contributed by atoms with Gasteiger partial charge in [0.25, 0.3) is 5.56 Å². The number of aryl methyl sites for hydroxylation is 2. The zero-order chi connectivity index (χ0) is 20.3. The number of nitrogens with zero attached hydrogens (tertiary/aromatic N) is 2. The van der Waals surface area contributed by atoms with E-state index in [2.05, 4.69) is 53.5 Å². The van der Waals surface area contributed by atoms with Crippen LogP contribution in [0, 0.1) is 0 Å². The first kappa shape index (κ1) is 18.5. The third-order valence-corrected chi connectivity index (χ3v) is 6.23. The van der Waals surface area contributed by atoms with Gasteiger partial charge in [-0.3, -0.25) is 9.36 Å². The normalized spacial score (nSPS) is 11.1. The van der Waals surface area contributed by atoms with Crippen molar-refractivity contribution in [2.45, 2.75) is 13.0 Å². The van der Waals surface area contributed by atoms with Crippen LogP contribution >= 0.6 is 11.3 Å². The molecular weight excluding hydrogens is 388 g/mol. The number of thiophene rings is 1. The largest absolute Gasteiger partial charge is 0.298 e. The standard InChI is InChI=1S/C26H20N2OS/c29-26-24-23(22-13-11-21(12-14-22)20-9-5-2-6-10-20)17-30-25(24)27-18-28(26)16-15-19-7-3-1-4-8-19/h1-14,17-18H,15-16H2. The van der Waals surface area contributed by atoms with Crippen molar-refractivity contribution in [3.05, 3.63) is 113 Å². The predicted octanol–water partition coefficient (Wildman–Crippen LogP) is 6.03. The summed E-state index contributed by atoms with van der Waals surface area (Å²) in [5.41, 5.74) is 5.59. The Kier molecular flexibility index (Phi) is 4.99. The third kappa shape index (κ3) is 3.58.